The van der Waals surface area contributed by atoms with Gasteiger partial charge in [0.2, 0.25) is 0 Å². The number of amides is 2. The van der Waals surface area contributed by atoms with Crippen LogP contribution in [-0.4, -0.2) is 24.4 Å². The fourth-order valence-electron chi connectivity index (χ4n) is 1.43. The molecule has 0 unspecified atom stereocenters. The standard InChI is InChI=1S/C15H15N3O4/c1-3-22-15(21)18-14(20)12(8-16)9-17-13-6-4-11(5-7-13)10(2)19/h4-7,9,17H,3H2,1-2H3,(H,18,20,21)/b12-9+. The molecule has 7 nitrogen and oxygen atoms in total. The largest absolute Gasteiger partial charge is 0.450 e. The molecule has 0 saturated carbocycles. The molecule has 2 N–H and O–H groups in total. The summed E-state index contributed by atoms with van der Waals surface area (Å²) in [7, 11) is 0. The first-order valence-corrected chi connectivity index (χ1v) is 6.43. The molecule has 0 heterocycles. The number of ether oxygens (including phenoxy) is 1. The van der Waals surface area contributed by atoms with E-state index >= 15 is 0 Å². The third-order valence-electron chi connectivity index (χ3n) is 2.53. The maximum Gasteiger partial charge on any atom is 0.414 e. The molecule has 0 spiro atoms. The lowest BCUT2D eigenvalue weighted by Gasteiger charge is -2.04. The Kier molecular flexibility index (Phi) is 6.32. The van der Waals surface area contributed by atoms with Gasteiger partial charge >= 0.3 is 6.09 Å². The lowest BCUT2D eigenvalue weighted by Crippen LogP contribution is -2.32. The number of imide groups is 1. The highest BCUT2D eigenvalue weighted by Crippen LogP contribution is 2.10. The molecule has 0 aliphatic heterocycles. The maximum absolute atomic E-state index is 11.6. The molecule has 22 heavy (non-hydrogen) atoms. The number of anilines is 1. The van der Waals surface area contributed by atoms with Crippen LogP contribution in [0.4, 0.5) is 10.5 Å². The van der Waals surface area contributed by atoms with Crippen molar-refractivity contribution in [3.05, 3.63) is 41.6 Å². The average Bonchev–Trinajstić information content (AvgIpc) is 2.48. The molecule has 0 aliphatic rings. The third-order valence-corrected chi connectivity index (χ3v) is 2.53. The summed E-state index contributed by atoms with van der Waals surface area (Å²) in [6.07, 6.45) is 0.247. The van der Waals surface area contributed by atoms with Crippen LogP contribution in [0.1, 0.15) is 24.2 Å². The van der Waals surface area contributed by atoms with Gasteiger partial charge in [0.15, 0.2) is 5.78 Å². The van der Waals surface area contributed by atoms with Gasteiger partial charge in [0.1, 0.15) is 11.6 Å². The minimum atomic E-state index is -0.917. The van der Waals surface area contributed by atoms with Crippen LogP contribution in [0.3, 0.4) is 0 Å². The number of carbonyl (C=O) groups excluding carboxylic acids is 3. The molecule has 1 aromatic rings. The molecule has 114 valence electrons. The van der Waals surface area contributed by atoms with Gasteiger partial charge in [-0.3, -0.25) is 14.9 Å². The first kappa shape index (κ1) is 16.9. The van der Waals surface area contributed by atoms with E-state index in [2.05, 4.69) is 10.1 Å². The van der Waals surface area contributed by atoms with Gasteiger partial charge in [0.25, 0.3) is 5.91 Å². The number of hydrogen-bond donors (Lipinski definition) is 2. The molecule has 0 fully saturated rings. The molecule has 2 amide bonds. The number of hydrogen-bond acceptors (Lipinski definition) is 6. The Morgan fingerprint density at radius 2 is 1.91 bits per heavy atom. The first-order valence-electron chi connectivity index (χ1n) is 6.43. The Morgan fingerprint density at radius 3 is 2.41 bits per heavy atom. The molecule has 0 aliphatic carbocycles. The van der Waals surface area contributed by atoms with Crippen LogP contribution < -0.4 is 10.6 Å². The monoisotopic (exact) mass is 301 g/mol. The van der Waals surface area contributed by atoms with Crippen molar-refractivity contribution in [1.82, 2.24) is 5.32 Å². The van der Waals surface area contributed by atoms with Crippen molar-refractivity contribution in [2.24, 2.45) is 0 Å². The highest BCUT2D eigenvalue weighted by Gasteiger charge is 2.13. The number of alkyl carbamates (subject to hydrolysis) is 1. The Labute approximate surface area is 127 Å². The van der Waals surface area contributed by atoms with E-state index in [-0.39, 0.29) is 18.0 Å². The van der Waals surface area contributed by atoms with E-state index in [1.54, 1.807) is 37.3 Å². The Morgan fingerprint density at radius 1 is 1.27 bits per heavy atom. The highest BCUT2D eigenvalue weighted by molar-refractivity contribution is 6.05. The molecule has 7 heteroatoms. The van der Waals surface area contributed by atoms with Crippen LogP contribution in [0, 0.1) is 11.3 Å². The number of nitrogens with zero attached hydrogens (tertiary/aromatic N) is 1. The maximum atomic E-state index is 11.6. The highest BCUT2D eigenvalue weighted by atomic mass is 16.5. The molecule has 1 aromatic carbocycles. The zero-order valence-electron chi connectivity index (χ0n) is 12.2. The van der Waals surface area contributed by atoms with Crippen molar-refractivity contribution in [3.63, 3.8) is 0 Å². The fraction of sp³-hybridized carbons (Fsp3) is 0.200. The van der Waals surface area contributed by atoms with Crippen molar-refractivity contribution in [2.75, 3.05) is 11.9 Å². The van der Waals surface area contributed by atoms with Crippen LogP contribution in [-0.2, 0) is 9.53 Å². The van der Waals surface area contributed by atoms with Crippen LogP contribution in [0.15, 0.2) is 36.0 Å². The summed E-state index contributed by atoms with van der Waals surface area (Å²) in [6, 6.07) is 8.16. The lowest BCUT2D eigenvalue weighted by molar-refractivity contribution is -0.116. The molecule has 0 atom stereocenters. The van der Waals surface area contributed by atoms with E-state index < -0.39 is 12.0 Å². The second kappa shape index (κ2) is 8.21. The van der Waals surface area contributed by atoms with Crippen molar-refractivity contribution >= 4 is 23.5 Å². The lowest BCUT2D eigenvalue weighted by atomic mass is 10.1. The van der Waals surface area contributed by atoms with Gasteiger partial charge in [-0.2, -0.15) is 5.26 Å². The van der Waals surface area contributed by atoms with Gasteiger partial charge < -0.3 is 10.1 Å². The second-order valence-corrected chi connectivity index (χ2v) is 4.12. The molecule has 0 aromatic heterocycles. The van der Waals surface area contributed by atoms with E-state index in [1.165, 1.54) is 6.92 Å². The molecule has 0 saturated heterocycles. The topological polar surface area (TPSA) is 108 Å². The number of ketones is 1. The zero-order valence-corrected chi connectivity index (χ0v) is 12.2. The molecular formula is C15H15N3O4. The van der Waals surface area contributed by atoms with Gasteiger partial charge in [-0.1, -0.05) is 0 Å². The second-order valence-electron chi connectivity index (χ2n) is 4.12. The quantitative estimate of drug-likeness (QED) is 0.489. The summed E-state index contributed by atoms with van der Waals surface area (Å²) in [5.74, 6) is -0.928. The number of rotatable bonds is 5. The number of nitrogens with one attached hydrogen (secondary N) is 2. The number of Topliss-reactive ketones (excluding diaryl/α,β-unsaturated/α-hetero) is 1. The van der Waals surface area contributed by atoms with Crippen molar-refractivity contribution in [2.45, 2.75) is 13.8 Å². The van der Waals surface area contributed by atoms with Crippen LogP contribution in [0.2, 0.25) is 0 Å². The van der Waals surface area contributed by atoms with Gasteiger partial charge in [-0.15, -0.1) is 0 Å². The summed E-state index contributed by atoms with van der Waals surface area (Å²) in [5.41, 5.74) is 0.848. The number of carbonyl (C=O) groups is 3. The summed E-state index contributed by atoms with van der Waals surface area (Å²) < 4.78 is 4.55. The molecule has 1 rings (SSSR count). The zero-order chi connectivity index (χ0) is 16.5. The van der Waals surface area contributed by atoms with Crippen molar-refractivity contribution in [3.8, 4) is 6.07 Å². The molecular weight excluding hydrogens is 286 g/mol. The fourth-order valence-corrected chi connectivity index (χ4v) is 1.43. The van der Waals surface area contributed by atoms with E-state index in [4.69, 9.17) is 5.26 Å². The van der Waals surface area contributed by atoms with E-state index in [9.17, 15) is 14.4 Å². The van der Waals surface area contributed by atoms with Gasteiger partial charge in [-0.25, -0.2) is 4.79 Å². The molecule has 0 bridgehead atoms. The Bertz CT molecular complexity index is 642. The van der Waals surface area contributed by atoms with Gasteiger partial charge in [-0.05, 0) is 38.1 Å². The normalized spacial score (nSPS) is 10.3. The van der Waals surface area contributed by atoms with Gasteiger partial charge in [0.05, 0.1) is 6.61 Å². The molecule has 0 radical (unpaired) electrons. The minimum absolute atomic E-state index is 0.0615. The third kappa shape index (κ3) is 5.09. The van der Waals surface area contributed by atoms with Crippen molar-refractivity contribution in [1.29, 1.82) is 5.26 Å². The van der Waals surface area contributed by atoms with Crippen LogP contribution >= 0.6 is 0 Å². The summed E-state index contributed by atoms with van der Waals surface area (Å²) in [4.78, 5) is 33.9. The smallest absolute Gasteiger partial charge is 0.414 e. The summed E-state index contributed by atoms with van der Waals surface area (Å²) >= 11 is 0. The van der Waals surface area contributed by atoms with Gasteiger partial charge in [0, 0.05) is 17.5 Å². The van der Waals surface area contributed by atoms with E-state index in [0.717, 1.165) is 6.20 Å². The Balaban J connectivity index is 2.73. The minimum Gasteiger partial charge on any atom is -0.450 e. The van der Waals surface area contributed by atoms with E-state index in [1.807, 2.05) is 5.32 Å². The first-order chi connectivity index (χ1) is 10.5. The average molecular weight is 301 g/mol. The Hall–Kier alpha value is -3.14. The summed E-state index contributed by atoms with van der Waals surface area (Å²) in [6.45, 7) is 3.17. The van der Waals surface area contributed by atoms with Crippen LogP contribution in [0.25, 0.3) is 0 Å². The van der Waals surface area contributed by atoms with E-state index in [0.29, 0.717) is 11.3 Å². The number of nitriles is 1. The summed E-state index contributed by atoms with van der Waals surface area (Å²) in [5, 5.41) is 13.6. The van der Waals surface area contributed by atoms with Crippen LogP contribution in [0.5, 0.6) is 0 Å². The SMILES string of the molecule is CCOC(=O)NC(=O)/C(C#N)=C/Nc1ccc(C(C)=O)cc1. The predicted molar refractivity (Wildman–Crippen MR) is 78.9 cm³/mol. The van der Waals surface area contributed by atoms with Crippen molar-refractivity contribution < 1.29 is 19.1 Å². The number of benzene rings is 1. The predicted octanol–water partition coefficient (Wildman–Crippen LogP) is 1.98.